The van der Waals surface area contributed by atoms with E-state index in [0.29, 0.717) is 36.8 Å². The fourth-order valence-electron chi connectivity index (χ4n) is 2.03. The van der Waals surface area contributed by atoms with Crippen molar-refractivity contribution in [3.63, 3.8) is 0 Å². The average molecular weight is 295 g/mol. The largest absolute Gasteiger partial charge is 0.493 e. The third-order valence-electron chi connectivity index (χ3n) is 3.55. The molecule has 1 aliphatic rings. The summed E-state index contributed by atoms with van der Waals surface area (Å²) in [5.41, 5.74) is 0.281. The van der Waals surface area contributed by atoms with Gasteiger partial charge in [0.05, 0.1) is 12.5 Å². The molecule has 6 nitrogen and oxygen atoms in total. The van der Waals surface area contributed by atoms with Crippen molar-refractivity contribution >= 4 is 5.97 Å². The van der Waals surface area contributed by atoms with E-state index in [1.54, 1.807) is 21.0 Å². The highest BCUT2D eigenvalue weighted by Crippen LogP contribution is 2.41. The maximum Gasteiger partial charge on any atom is 0.309 e. The first kappa shape index (κ1) is 15.4. The molecule has 1 aromatic rings. The van der Waals surface area contributed by atoms with Gasteiger partial charge >= 0.3 is 5.97 Å². The van der Waals surface area contributed by atoms with Gasteiger partial charge in [-0.25, -0.2) is 0 Å². The number of benzene rings is 1. The summed E-state index contributed by atoms with van der Waals surface area (Å²) in [5, 5.41) is 12.3. The monoisotopic (exact) mass is 295 g/mol. The van der Waals surface area contributed by atoms with Gasteiger partial charge in [-0.2, -0.15) is 0 Å². The number of aliphatic carboxylic acids is 1. The fraction of sp³-hybridized carbons (Fsp3) is 0.533. The quantitative estimate of drug-likeness (QED) is 0.749. The number of nitrogens with one attached hydrogen (secondary N) is 1. The molecule has 0 amide bonds. The standard InChI is InChI=1S/C15H21NO5/c1-15(2,14(17)18)4-5-16-8-10-6-11(19-3)13-12(7-10)20-9-21-13/h6-7,16H,4-5,8-9H2,1-3H3,(H,17,18). The van der Waals surface area contributed by atoms with Gasteiger partial charge in [-0.1, -0.05) is 0 Å². The van der Waals surface area contributed by atoms with E-state index in [1.165, 1.54) is 0 Å². The number of carboxylic acids is 1. The zero-order valence-electron chi connectivity index (χ0n) is 12.6. The van der Waals surface area contributed by atoms with Crippen LogP contribution in [0.1, 0.15) is 25.8 Å². The first-order valence-electron chi connectivity index (χ1n) is 6.84. The SMILES string of the molecule is COc1cc(CNCCC(C)(C)C(=O)O)cc2c1OCO2. The Morgan fingerprint density at radius 2 is 2.19 bits per heavy atom. The predicted molar refractivity (Wildman–Crippen MR) is 76.9 cm³/mol. The molecular formula is C15H21NO5. The van der Waals surface area contributed by atoms with Crippen molar-refractivity contribution < 1.29 is 24.1 Å². The van der Waals surface area contributed by atoms with E-state index < -0.39 is 11.4 Å². The van der Waals surface area contributed by atoms with E-state index in [-0.39, 0.29) is 6.79 Å². The van der Waals surface area contributed by atoms with Gasteiger partial charge in [0.25, 0.3) is 0 Å². The van der Waals surface area contributed by atoms with Crippen molar-refractivity contribution in [3.8, 4) is 17.2 Å². The first-order chi connectivity index (χ1) is 9.94. The molecule has 0 aliphatic carbocycles. The third-order valence-corrected chi connectivity index (χ3v) is 3.55. The Morgan fingerprint density at radius 3 is 2.86 bits per heavy atom. The van der Waals surface area contributed by atoms with Gasteiger partial charge in [0.2, 0.25) is 12.5 Å². The second-order valence-electron chi connectivity index (χ2n) is 5.65. The van der Waals surface area contributed by atoms with Crippen LogP contribution in [0.3, 0.4) is 0 Å². The van der Waals surface area contributed by atoms with Crippen molar-refractivity contribution in [2.45, 2.75) is 26.8 Å². The normalized spacial score (nSPS) is 13.3. The molecule has 6 heteroatoms. The molecule has 0 unspecified atom stereocenters. The summed E-state index contributed by atoms with van der Waals surface area (Å²) in [7, 11) is 1.59. The van der Waals surface area contributed by atoms with Crippen LogP contribution in [0.2, 0.25) is 0 Å². The highest BCUT2D eigenvalue weighted by atomic mass is 16.7. The topological polar surface area (TPSA) is 77.0 Å². The van der Waals surface area contributed by atoms with Crippen LogP contribution in [-0.4, -0.2) is 31.5 Å². The molecule has 1 aliphatic heterocycles. The van der Waals surface area contributed by atoms with Crippen LogP contribution in [0.15, 0.2) is 12.1 Å². The van der Waals surface area contributed by atoms with Crippen LogP contribution in [0.4, 0.5) is 0 Å². The van der Waals surface area contributed by atoms with Crippen molar-refractivity contribution in [3.05, 3.63) is 17.7 Å². The molecule has 2 rings (SSSR count). The van der Waals surface area contributed by atoms with Gasteiger partial charge in [-0.15, -0.1) is 0 Å². The maximum absolute atomic E-state index is 11.0. The Hall–Kier alpha value is -1.95. The van der Waals surface area contributed by atoms with Gasteiger partial charge < -0.3 is 24.6 Å². The summed E-state index contributed by atoms with van der Waals surface area (Å²) in [5.74, 6) is 1.17. The van der Waals surface area contributed by atoms with E-state index in [9.17, 15) is 4.79 Å². The van der Waals surface area contributed by atoms with Crippen LogP contribution >= 0.6 is 0 Å². The van der Waals surface area contributed by atoms with Crippen molar-refractivity contribution in [2.75, 3.05) is 20.4 Å². The highest BCUT2D eigenvalue weighted by Gasteiger charge is 2.26. The Morgan fingerprint density at radius 1 is 1.43 bits per heavy atom. The van der Waals surface area contributed by atoms with E-state index >= 15 is 0 Å². The van der Waals surface area contributed by atoms with Gasteiger partial charge in [-0.05, 0) is 44.5 Å². The molecule has 0 atom stereocenters. The van der Waals surface area contributed by atoms with Crippen LogP contribution in [0.25, 0.3) is 0 Å². The number of carboxylic acid groups (broad SMARTS) is 1. The Kier molecular flexibility index (Phi) is 4.57. The second-order valence-corrected chi connectivity index (χ2v) is 5.65. The number of carbonyl (C=O) groups is 1. The summed E-state index contributed by atoms with van der Waals surface area (Å²) >= 11 is 0. The van der Waals surface area contributed by atoms with Crippen LogP contribution in [0.5, 0.6) is 17.2 Å². The molecule has 0 fully saturated rings. The van der Waals surface area contributed by atoms with Crippen LogP contribution in [-0.2, 0) is 11.3 Å². The summed E-state index contributed by atoms with van der Waals surface area (Å²) in [6, 6.07) is 3.79. The Balaban J connectivity index is 1.91. The number of hydrogen-bond donors (Lipinski definition) is 2. The Labute approximate surface area is 124 Å². The van der Waals surface area contributed by atoms with Gasteiger partial charge in [0, 0.05) is 6.54 Å². The lowest BCUT2D eigenvalue weighted by atomic mass is 9.90. The molecule has 0 spiro atoms. The zero-order valence-corrected chi connectivity index (χ0v) is 12.6. The number of hydrogen-bond acceptors (Lipinski definition) is 5. The smallest absolute Gasteiger partial charge is 0.309 e. The van der Waals surface area contributed by atoms with Gasteiger partial charge in [-0.3, -0.25) is 4.79 Å². The van der Waals surface area contributed by atoms with Gasteiger partial charge in [0.15, 0.2) is 11.5 Å². The van der Waals surface area contributed by atoms with Crippen molar-refractivity contribution in [2.24, 2.45) is 5.41 Å². The summed E-state index contributed by atoms with van der Waals surface area (Å²) in [4.78, 5) is 11.0. The van der Waals surface area contributed by atoms with Crippen LogP contribution < -0.4 is 19.5 Å². The molecule has 0 saturated carbocycles. The molecule has 1 aromatic carbocycles. The number of rotatable bonds is 7. The van der Waals surface area contributed by atoms with E-state index in [1.807, 2.05) is 12.1 Å². The summed E-state index contributed by atoms with van der Waals surface area (Å²) in [6.07, 6.45) is 0.560. The molecule has 0 aromatic heterocycles. The van der Waals surface area contributed by atoms with Crippen molar-refractivity contribution in [1.82, 2.24) is 5.32 Å². The molecule has 21 heavy (non-hydrogen) atoms. The molecule has 116 valence electrons. The summed E-state index contributed by atoms with van der Waals surface area (Å²) in [6.45, 7) is 4.88. The zero-order chi connectivity index (χ0) is 15.5. The van der Waals surface area contributed by atoms with E-state index in [4.69, 9.17) is 19.3 Å². The molecule has 1 heterocycles. The van der Waals surface area contributed by atoms with E-state index in [0.717, 1.165) is 5.56 Å². The van der Waals surface area contributed by atoms with Crippen LogP contribution in [0, 0.1) is 5.41 Å². The van der Waals surface area contributed by atoms with Crippen molar-refractivity contribution in [1.29, 1.82) is 0 Å². The van der Waals surface area contributed by atoms with E-state index in [2.05, 4.69) is 5.32 Å². The molecular weight excluding hydrogens is 274 g/mol. The molecule has 0 bridgehead atoms. The third kappa shape index (κ3) is 3.58. The lowest BCUT2D eigenvalue weighted by Crippen LogP contribution is -2.28. The summed E-state index contributed by atoms with van der Waals surface area (Å²) < 4.78 is 16.0. The highest BCUT2D eigenvalue weighted by molar-refractivity contribution is 5.73. The minimum absolute atomic E-state index is 0.204. The molecule has 0 radical (unpaired) electrons. The lowest BCUT2D eigenvalue weighted by Gasteiger charge is -2.19. The Bertz CT molecular complexity index is 527. The average Bonchev–Trinajstić information content (AvgIpc) is 2.90. The molecule has 2 N–H and O–H groups in total. The number of methoxy groups -OCH3 is 1. The lowest BCUT2D eigenvalue weighted by molar-refractivity contribution is -0.147. The first-order valence-corrected chi connectivity index (χ1v) is 6.84. The predicted octanol–water partition coefficient (Wildman–Crippen LogP) is 2.01. The minimum Gasteiger partial charge on any atom is -0.493 e. The fourth-order valence-corrected chi connectivity index (χ4v) is 2.03. The van der Waals surface area contributed by atoms with Gasteiger partial charge in [0.1, 0.15) is 0 Å². The minimum atomic E-state index is -0.783. The number of fused-ring (bicyclic) bond motifs is 1. The maximum atomic E-state index is 11.0. The molecule has 0 saturated heterocycles. The second kappa shape index (κ2) is 6.22. The number of ether oxygens (including phenoxy) is 3.